The minimum absolute atomic E-state index is 0.0455. The van der Waals surface area contributed by atoms with Crippen LogP contribution >= 0.6 is 0 Å². The SMILES string of the molecule is C#Cc1cc(CNC(=O)C=Cc2c(C(F)(F)F)ccnc2-c2ccccc2)cc(F)c1NS(C)(=O)=O. The maximum absolute atomic E-state index is 14.4. The van der Waals surface area contributed by atoms with Gasteiger partial charge in [0.2, 0.25) is 15.9 Å². The maximum atomic E-state index is 14.4. The summed E-state index contributed by atoms with van der Waals surface area (Å²) < 4.78 is 80.1. The van der Waals surface area contributed by atoms with Crippen molar-refractivity contribution in [1.82, 2.24) is 10.3 Å². The van der Waals surface area contributed by atoms with E-state index >= 15 is 0 Å². The first-order valence-electron chi connectivity index (χ1n) is 10.2. The summed E-state index contributed by atoms with van der Waals surface area (Å²) in [4.78, 5) is 16.4. The van der Waals surface area contributed by atoms with Gasteiger partial charge in [0, 0.05) is 29.9 Å². The Hall–Kier alpha value is -4.17. The highest BCUT2D eigenvalue weighted by Gasteiger charge is 2.34. The molecule has 2 aromatic carbocycles. The van der Waals surface area contributed by atoms with Gasteiger partial charge in [-0.3, -0.25) is 14.5 Å². The second kappa shape index (κ2) is 10.6. The van der Waals surface area contributed by atoms with Crippen LogP contribution in [0.25, 0.3) is 17.3 Å². The number of rotatable bonds is 7. The number of nitrogens with zero attached hydrogens (tertiary/aromatic N) is 1. The lowest BCUT2D eigenvalue weighted by Crippen LogP contribution is -2.21. The van der Waals surface area contributed by atoms with E-state index in [-0.39, 0.29) is 28.9 Å². The van der Waals surface area contributed by atoms with Crippen LogP contribution in [-0.2, 0) is 27.5 Å². The topological polar surface area (TPSA) is 88.2 Å². The van der Waals surface area contributed by atoms with E-state index < -0.39 is 39.2 Å². The number of hydrogen-bond donors (Lipinski definition) is 2. The standard InChI is InChI=1S/C25H19F4N3O3S/c1-3-17-13-16(14-21(26)24(17)32-36(2,34)35)15-31-22(33)10-9-19-20(25(27,28)29)11-12-30-23(19)18-7-5-4-6-8-18/h1,4-14,32H,15H2,2H3,(H,31,33). The number of terminal acetylenes is 1. The summed E-state index contributed by atoms with van der Waals surface area (Å²) in [5, 5.41) is 2.43. The molecule has 36 heavy (non-hydrogen) atoms. The Labute approximate surface area is 205 Å². The maximum Gasteiger partial charge on any atom is 0.417 e. The van der Waals surface area contributed by atoms with E-state index in [4.69, 9.17) is 6.42 Å². The molecule has 11 heteroatoms. The minimum Gasteiger partial charge on any atom is -0.348 e. The van der Waals surface area contributed by atoms with Crippen LogP contribution < -0.4 is 10.0 Å². The highest BCUT2D eigenvalue weighted by atomic mass is 32.2. The Morgan fingerprint density at radius 2 is 1.86 bits per heavy atom. The summed E-state index contributed by atoms with van der Waals surface area (Å²) in [7, 11) is -3.79. The fourth-order valence-corrected chi connectivity index (χ4v) is 3.87. The molecule has 0 aliphatic carbocycles. The zero-order valence-corrected chi connectivity index (χ0v) is 19.5. The number of sulfonamides is 1. The largest absolute Gasteiger partial charge is 0.417 e. The Morgan fingerprint density at radius 1 is 1.17 bits per heavy atom. The Morgan fingerprint density at radius 3 is 2.47 bits per heavy atom. The highest BCUT2D eigenvalue weighted by Crippen LogP contribution is 2.36. The summed E-state index contributed by atoms with van der Waals surface area (Å²) in [6.07, 6.45) is 4.46. The number of pyridine rings is 1. The Balaban J connectivity index is 1.85. The summed E-state index contributed by atoms with van der Waals surface area (Å²) in [6.45, 7) is -0.224. The third kappa shape index (κ3) is 6.70. The van der Waals surface area contributed by atoms with Crippen LogP contribution in [0.1, 0.15) is 22.3 Å². The number of aromatic nitrogens is 1. The predicted molar refractivity (Wildman–Crippen MR) is 128 cm³/mol. The van der Waals surface area contributed by atoms with Gasteiger partial charge >= 0.3 is 6.18 Å². The Bertz CT molecular complexity index is 1460. The van der Waals surface area contributed by atoms with Gasteiger partial charge in [0.1, 0.15) is 5.82 Å². The van der Waals surface area contributed by atoms with E-state index in [1.807, 2.05) is 4.72 Å². The van der Waals surface area contributed by atoms with Crippen molar-refractivity contribution < 1.29 is 30.8 Å². The molecule has 1 aromatic heterocycles. The smallest absolute Gasteiger partial charge is 0.348 e. The molecule has 0 saturated carbocycles. The molecule has 0 atom stereocenters. The molecule has 0 saturated heterocycles. The number of nitrogens with one attached hydrogen (secondary N) is 2. The number of anilines is 1. The summed E-state index contributed by atoms with van der Waals surface area (Å²) in [6, 6.07) is 11.3. The number of amides is 1. The minimum atomic E-state index is -4.69. The average Bonchev–Trinajstić information content (AvgIpc) is 2.81. The van der Waals surface area contributed by atoms with Crippen molar-refractivity contribution in [3.63, 3.8) is 0 Å². The van der Waals surface area contributed by atoms with Gasteiger partial charge < -0.3 is 5.32 Å². The summed E-state index contributed by atoms with van der Waals surface area (Å²) in [5.74, 6) is 0.461. The number of carbonyl (C=O) groups excluding carboxylic acids is 1. The van der Waals surface area contributed by atoms with Crippen molar-refractivity contribution in [3.05, 3.63) is 88.9 Å². The van der Waals surface area contributed by atoms with Crippen LogP contribution in [0.4, 0.5) is 23.2 Å². The van der Waals surface area contributed by atoms with E-state index in [9.17, 15) is 30.8 Å². The average molecular weight is 518 g/mol. The van der Waals surface area contributed by atoms with Gasteiger partial charge in [0.15, 0.2) is 0 Å². The van der Waals surface area contributed by atoms with Crippen molar-refractivity contribution in [3.8, 4) is 23.6 Å². The molecule has 0 unspecified atom stereocenters. The van der Waals surface area contributed by atoms with Gasteiger partial charge in [-0.15, -0.1) is 6.42 Å². The lowest BCUT2D eigenvalue weighted by atomic mass is 10.00. The van der Waals surface area contributed by atoms with Crippen molar-refractivity contribution in [2.45, 2.75) is 12.7 Å². The monoisotopic (exact) mass is 517 g/mol. The van der Waals surface area contributed by atoms with Crippen LogP contribution in [0.5, 0.6) is 0 Å². The summed E-state index contributed by atoms with van der Waals surface area (Å²) in [5.41, 5.74) is -1.05. The van der Waals surface area contributed by atoms with Crippen LogP contribution in [0.3, 0.4) is 0 Å². The van der Waals surface area contributed by atoms with E-state index in [0.717, 1.165) is 36.7 Å². The normalized spacial score (nSPS) is 11.8. The molecule has 0 aliphatic rings. The third-order valence-corrected chi connectivity index (χ3v) is 5.38. The molecule has 2 N–H and O–H groups in total. The van der Waals surface area contributed by atoms with E-state index in [0.29, 0.717) is 5.56 Å². The van der Waals surface area contributed by atoms with Crippen molar-refractivity contribution in [1.29, 1.82) is 0 Å². The zero-order valence-electron chi connectivity index (χ0n) is 18.7. The molecule has 0 spiro atoms. The number of alkyl halides is 3. The zero-order chi connectivity index (χ0) is 26.5. The van der Waals surface area contributed by atoms with Crippen molar-refractivity contribution in [2.75, 3.05) is 11.0 Å². The lowest BCUT2D eigenvalue weighted by Gasteiger charge is -2.14. The van der Waals surface area contributed by atoms with Crippen LogP contribution in [0.2, 0.25) is 0 Å². The first kappa shape index (κ1) is 26.4. The molecular weight excluding hydrogens is 498 g/mol. The number of halogens is 4. The predicted octanol–water partition coefficient (Wildman–Crippen LogP) is 4.59. The van der Waals surface area contributed by atoms with Crippen LogP contribution in [0.15, 0.2) is 60.8 Å². The van der Waals surface area contributed by atoms with Crippen LogP contribution in [-0.4, -0.2) is 25.6 Å². The molecule has 6 nitrogen and oxygen atoms in total. The van der Waals surface area contributed by atoms with Gasteiger partial charge in [0.05, 0.1) is 28.8 Å². The number of carbonyl (C=O) groups is 1. The number of hydrogen-bond acceptors (Lipinski definition) is 4. The molecule has 3 aromatic rings. The second-order valence-corrected chi connectivity index (χ2v) is 9.30. The van der Waals surface area contributed by atoms with Gasteiger partial charge in [-0.1, -0.05) is 36.3 Å². The quantitative estimate of drug-likeness (QED) is 0.273. The van der Waals surface area contributed by atoms with Crippen molar-refractivity contribution in [2.24, 2.45) is 0 Å². The van der Waals surface area contributed by atoms with E-state index in [1.54, 1.807) is 30.3 Å². The number of benzene rings is 2. The Kier molecular flexibility index (Phi) is 7.80. The lowest BCUT2D eigenvalue weighted by molar-refractivity contribution is -0.137. The molecule has 3 rings (SSSR count). The first-order valence-corrected chi connectivity index (χ1v) is 12.1. The molecule has 1 heterocycles. The van der Waals surface area contributed by atoms with Gasteiger partial charge in [-0.05, 0) is 29.8 Å². The fourth-order valence-electron chi connectivity index (χ4n) is 3.29. The molecule has 0 bridgehead atoms. The molecule has 0 radical (unpaired) electrons. The fraction of sp³-hybridized carbons (Fsp3) is 0.120. The first-order chi connectivity index (χ1) is 16.9. The molecule has 186 valence electrons. The van der Waals surface area contributed by atoms with E-state index in [1.165, 1.54) is 6.07 Å². The third-order valence-electron chi connectivity index (χ3n) is 4.80. The molecule has 1 amide bonds. The molecular formula is C25H19F4N3O3S. The van der Waals surface area contributed by atoms with Gasteiger partial charge in [-0.2, -0.15) is 13.2 Å². The van der Waals surface area contributed by atoms with Gasteiger partial charge in [0.25, 0.3) is 0 Å². The second-order valence-electron chi connectivity index (χ2n) is 7.55. The molecule has 0 aliphatic heterocycles. The van der Waals surface area contributed by atoms with E-state index in [2.05, 4.69) is 16.2 Å². The molecule has 0 fully saturated rings. The van der Waals surface area contributed by atoms with Gasteiger partial charge in [-0.25, -0.2) is 12.8 Å². The summed E-state index contributed by atoms with van der Waals surface area (Å²) >= 11 is 0. The van der Waals surface area contributed by atoms with Crippen molar-refractivity contribution >= 4 is 27.7 Å². The van der Waals surface area contributed by atoms with Crippen LogP contribution in [0, 0.1) is 18.2 Å². The highest BCUT2D eigenvalue weighted by molar-refractivity contribution is 7.92.